The molecule has 1 saturated carbocycles. The average Bonchev–Trinajstić information content (AvgIpc) is 3.32. The number of aromatic nitrogens is 3. The number of carbonyl (C=O) groups is 1. The molecule has 2 aromatic heterocycles. The van der Waals surface area contributed by atoms with E-state index < -0.39 is 5.82 Å². The van der Waals surface area contributed by atoms with Crippen molar-refractivity contribution >= 4 is 23.4 Å². The lowest BCUT2D eigenvalue weighted by atomic mass is 10.2. The minimum atomic E-state index is -0.407. The van der Waals surface area contributed by atoms with Gasteiger partial charge in [-0.05, 0) is 19.1 Å². The van der Waals surface area contributed by atoms with Gasteiger partial charge in [0, 0.05) is 30.7 Å². The second-order valence-corrected chi connectivity index (χ2v) is 7.46. The Hall–Kier alpha value is -1.89. The largest absolute Gasteiger partial charge is 0.312 e. The minimum absolute atomic E-state index is 0.0654. The molecule has 0 aliphatic heterocycles. The number of anilines is 1. The van der Waals surface area contributed by atoms with Crippen LogP contribution in [0.2, 0.25) is 0 Å². The van der Waals surface area contributed by atoms with E-state index in [0.29, 0.717) is 18.0 Å². The summed E-state index contributed by atoms with van der Waals surface area (Å²) in [6, 6.07) is 1.39. The fraction of sp³-hybridized carbons (Fsp3) is 0.471. The second-order valence-electron chi connectivity index (χ2n) is 6.18. The molecule has 0 bridgehead atoms. The number of hydrogen-bond donors (Lipinski definition) is 0. The first-order chi connectivity index (χ1) is 11.5. The van der Waals surface area contributed by atoms with E-state index in [9.17, 15) is 9.18 Å². The molecular formula is C17H21FN4OS. The molecule has 5 nitrogen and oxygen atoms in total. The molecule has 0 spiro atoms. The third-order valence-corrected chi connectivity index (χ3v) is 5.21. The first-order valence-corrected chi connectivity index (χ1v) is 9.28. The maximum absolute atomic E-state index is 13.4. The Labute approximate surface area is 145 Å². The summed E-state index contributed by atoms with van der Waals surface area (Å²) in [5.41, 5.74) is 2.27. The van der Waals surface area contributed by atoms with Crippen molar-refractivity contribution in [3.63, 3.8) is 0 Å². The van der Waals surface area contributed by atoms with E-state index >= 15 is 0 Å². The van der Waals surface area contributed by atoms with E-state index in [2.05, 4.69) is 10.1 Å². The highest BCUT2D eigenvalue weighted by Crippen LogP contribution is 2.43. The molecule has 2 heterocycles. The number of halogens is 1. The fourth-order valence-electron chi connectivity index (χ4n) is 2.54. The van der Waals surface area contributed by atoms with Gasteiger partial charge >= 0.3 is 0 Å². The molecule has 7 heteroatoms. The molecule has 2 aromatic rings. The van der Waals surface area contributed by atoms with Crippen molar-refractivity contribution in [2.75, 3.05) is 18.2 Å². The van der Waals surface area contributed by atoms with Crippen LogP contribution in [0.25, 0.3) is 5.69 Å². The number of nitrogens with zero attached hydrogens (tertiary/aromatic N) is 4. The molecule has 0 radical (unpaired) electrons. The maximum atomic E-state index is 13.4. The van der Waals surface area contributed by atoms with Crippen LogP contribution in [0.3, 0.4) is 0 Å². The predicted molar refractivity (Wildman–Crippen MR) is 94.3 cm³/mol. The molecule has 1 aliphatic rings. The summed E-state index contributed by atoms with van der Waals surface area (Å²) in [4.78, 5) is 18.1. The molecule has 0 aromatic carbocycles. The van der Waals surface area contributed by atoms with Gasteiger partial charge in [-0.15, -0.1) is 0 Å². The van der Waals surface area contributed by atoms with Crippen LogP contribution in [-0.2, 0) is 4.79 Å². The fourth-order valence-corrected chi connectivity index (χ4v) is 2.85. The third kappa shape index (κ3) is 3.61. The van der Waals surface area contributed by atoms with Gasteiger partial charge in [-0.1, -0.05) is 6.92 Å². The van der Waals surface area contributed by atoms with Crippen LogP contribution in [0.15, 0.2) is 24.7 Å². The Morgan fingerprint density at radius 3 is 2.88 bits per heavy atom. The normalized spacial score (nSPS) is 15.3. The molecule has 24 heavy (non-hydrogen) atoms. The first-order valence-electron chi connectivity index (χ1n) is 7.99. The van der Waals surface area contributed by atoms with Gasteiger partial charge in [0.15, 0.2) is 0 Å². The van der Waals surface area contributed by atoms with Crippen LogP contribution in [-0.4, -0.2) is 39.2 Å². The standard InChI is InChI=1S/C17H21FN4OS/c1-11(24-3)6-16(23)21(2)15-10-22(20-17(15)12-4-5-12)14-7-13(18)8-19-9-14/h7-12H,4-6H2,1-3H3. The Kier molecular flexibility index (Phi) is 4.89. The number of thioether (sulfide) groups is 1. The van der Waals surface area contributed by atoms with Crippen molar-refractivity contribution in [2.24, 2.45) is 0 Å². The van der Waals surface area contributed by atoms with Crippen molar-refractivity contribution in [3.8, 4) is 5.69 Å². The van der Waals surface area contributed by atoms with Crippen molar-refractivity contribution in [1.82, 2.24) is 14.8 Å². The van der Waals surface area contributed by atoms with Crippen molar-refractivity contribution in [3.05, 3.63) is 36.2 Å². The summed E-state index contributed by atoms with van der Waals surface area (Å²) < 4.78 is 15.0. The quantitative estimate of drug-likeness (QED) is 0.803. The minimum Gasteiger partial charge on any atom is -0.312 e. The number of pyridine rings is 1. The maximum Gasteiger partial charge on any atom is 0.227 e. The Balaban J connectivity index is 1.91. The van der Waals surface area contributed by atoms with Crippen molar-refractivity contribution in [2.45, 2.75) is 37.4 Å². The van der Waals surface area contributed by atoms with E-state index in [1.54, 1.807) is 40.8 Å². The zero-order valence-corrected chi connectivity index (χ0v) is 14.9. The highest BCUT2D eigenvalue weighted by atomic mass is 32.2. The summed E-state index contributed by atoms with van der Waals surface area (Å²) in [6.07, 6.45) is 9.16. The molecule has 1 unspecified atom stereocenters. The molecule has 3 rings (SSSR count). The van der Waals surface area contributed by atoms with Crippen molar-refractivity contribution < 1.29 is 9.18 Å². The number of carbonyl (C=O) groups excluding carboxylic acids is 1. The topological polar surface area (TPSA) is 51.0 Å². The van der Waals surface area contributed by atoms with Crippen LogP contribution in [0, 0.1) is 5.82 Å². The smallest absolute Gasteiger partial charge is 0.227 e. The zero-order valence-electron chi connectivity index (χ0n) is 14.1. The Bertz CT molecular complexity index is 744. The molecule has 0 saturated heterocycles. The second kappa shape index (κ2) is 6.93. The Morgan fingerprint density at radius 1 is 1.50 bits per heavy atom. The van der Waals surface area contributed by atoms with Crippen LogP contribution in [0.1, 0.15) is 37.8 Å². The molecule has 128 valence electrons. The van der Waals surface area contributed by atoms with Crippen molar-refractivity contribution in [1.29, 1.82) is 0 Å². The van der Waals surface area contributed by atoms with Gasteiger partial charge < -0.3 is 4.90 Å². The molecule has 1 amide bonds. The monoisotopic (exact) mass is 348 g/mol. The lowest BCUT2D eigenvalue weighted by Gasteiger charge is -2.18. The van der Waals surface area contributed by atoms with Crippen LogP contribution < -0.4 is 4.90 Å². The number of rotatable bonds is 6. The molecule has 0 N–H and O–H groups in total. The summed E-state index contributed by atoms with van der Waals surface area (Å²) >= 11 is 1.67. The number of amides is 1. The van der Waals surface area contributed by atoms with Gasteiger partial charge in [0.05, 0.1) is 35.7 Å². The van der Waals surface area contributed by atoms with Gasteiger partial charge in [-0.25, -0.2) is 9.07 Å². The zero-order chi connectivity index (χ0) is 17.3. The lowest BCUT2D eigenvalue weighted by Crippen LogP contribution is -2.28. The first kappa shape index (κ1) is 17.0. The predicted octanol–water partition coefficient (Wildman–Crippen LogP) is 3.39. The van der Waals surface area contributed by atoms with Crippen LogP contribution in [0.5, 0.6) is 0 Å². The summed E-state index contributed by atoms with van der Waals surface area (Å²) in [6.45, 7) is 2.04. The highest BCUT2D eigenvalue weighted by Gasteiger charge is 2.32. The van der Waals surface area contributed by atoms with Gasteiger partial charge in [0.2, 0.25) is 5.91 Å². The van der Waals surface area contributed by atoms with Gasteiger partial charge in [0.25, 0.3) is 0 Å². The van der Waals surface area contributed by atoms with Crippen LogP contribution in [0.4, 0.5) is 10.1 Å². The lowest BCUT2D eigenvalue weighted by molar-refractivity contribution is -0.118. The molecule has 1 fully saturated rings. The Morgan fingerprint density at radius 2 is 2.25 bits per heavy atom. The van der Waals surface area contributed by atoms with E-state index in [0.717, 1.165) is 30.4 Å². The summed E-state index contributed by atoms with van der Waals surface area (Å²) in [5, 5.41) is 4.87. The SMILES string of the molecule is CSC(C)CC(=O)N(C)c1cn(-c2cncc(F)c2)nc1C1CC1. The molecular weight excluding hydrogens is 327 g/mol. The van der Waals surface area contributed by atoms with Gasteiger partial charge in [-0.3, -0.25) is 9.78 Å². The summed E-state index contributed by atoms with van der Waals surface area (Å²) in [5.74, 6) is 0.0439. The van der Waals surface area contributed by atoms with E-state index in [1.807, 2.05) is 13.2 Å². The van der Waals surface area contributed by atoms with Crippen LogP contribution >= 0.6 is 11.8 Å². The summed E-state index contributed by atoms with van der Waals surface area (Å²) in [7, 11) is 1.78. The van der Waals surface area contributed by atoms with E-state index in [-0.39, 0.29) is 11.2 Å². The van der Waals surface area contributed by atoms with Gasteiger partial charge in [-0.2, -0.15) is 16.9 Å². The average molecular weight is 348 g/mol. The highest BCUT2D eigenvalue weighted by molar-refractivity contribution is 7.99. The molecule has 1 aliphatic carbocycles. The van der Waals surface area contributed by atoms with Gasteiger partial charge in [0.1, 0.15) is 5.82 Å². The number of hydrogen-bond acceptors (Lipinski definition) is 4. The third-order valence-electron chi connectivity index (χ3n) is 4.24. The van der Waals surface area contributed by atoms with E-state index in [1.165, 1.54) is 6.07 Å². The van der Waals surface area contributed by atoms with E-state index in [4.69, 9.17) is 0 Å². The molecule has 1 atom stereocenters.